The zero-order chi connectivity index (χ0) is 22.8. The van der Waals surface area contributed by atoms with Gasteiger partial charge in [0.1, 0.15) is 0 Å². The van der Waals surface area contributed by atoms with Crippen molar-refractivity contribution < 1.29 is 4.79 Å². The molecule has 0 radical (unpaired) electrons. The molecule has 1 aliphatic carbocycles. The fourth-order valence-corrected chi connectivity index (χ4v) is 4.97. The Bertz CT molecular complexity index is 748. The molecule has 0 saturated carbocycles. The smallest absolute Gasteiger partial charge is 0.234 e. The Morgan fingerprint density at radius 1 is 0.968 bits per heavy atom. The average molecular weight is 443 g/mol. The molecule has 1 amide bonds. The molecule has 0 fully saturated rings. The van der Waals surface area contributed by atoms with Crippen molar-refractivity contribution in [2.75, 3.05) is 13.1 Å². The molecular weight excluding hydrogens is 400 g/mol. The molecule has 0 unspecified atom stereocenters. The Hall–Kier alpha value is -1.52. The van der Waals surface area contributed by atoms with Crippen LogP contribution >= 0.6 is 11.9 Å². The minimum Gasteiger partial charge on any atom is -0.355 e. The SMILES string of the molecule is CC(C)c1cc(C(C)C)c(SNCC(=O)NCCCCC2=CCC=CC2)c(C(C)C)c1. The van der Waals surface area contributed by atoms with E-state index < -0.39 is 0 Å². The minimum atomic E-state index is 0.0725. The topological polar surface area (TPSA) is 41.1 Å². The van der Waals surface area contributed by atoms with E-state index in [0.29, 0.717) is 24.3 Å². The second-order valence-electron chi connectivity index (χ2n) is 9.50. The van der Waals surface area contributed by atoms with Crippen molar-refractivity contribution in [3.63, 3.8) is 0 Å². The van der Waals surface area contributed by atoms with E-state index in [1.54, 1.807) is 11.9 Å². The van der Waals surface area contributed by atoms with Gasteiger partial charge in [-0.3, -0.25) is 9.52 Å². The normalized spacial score (nSPS) is 13.9. The molecular formula is C27H42N2OS. The first-order valence-corrected chi connectivity index (χ1v) is 12.8. The van der Waals surface area contributed by atoms with E-state index in [0.717, 1.165) is 38.6 Å². The third kappa shape index (κ3) is 8.50. The highest BCUT2D eigenvalue weighted by Crippen LogP contribution is 2.37. The zero-order valence-corrected chi connectivity index (χ0v) is 21.2. The Kier molecular flexibility index (Phi) is 10.9. The van der Waals surface area contributed by atoms with Crippen molar-refractivity contribution in [1.29, 1.82) is 0 Å². The van der Waals surface area contributed by atoms with Crippen LogP contribution in [0.3, 0.4) is 0 Å². The van der Waals surface area contributed by atoms with E-state index in [1.807, 2.05) is 0 Å². The molecule has 1 aromatic carbocycles. The van der Waals surface area contributed by atoms with E-state index in [1.165, 1.54) is 27.2 Å². The summed E-state index contributed by atoms with van der Waals surface area (Å²) in [4.78, 5) is 13.6. The van der Waals surface area contributed by atoms with Crippen LogP contribution < -0.4 is 10.0 Å². The molecule has 1 aliphatic rings. The summed E-state index contributed by atoms with van der Waals surface area (Å²) in [7, 11) is 0. The summed E-state index contributed by atoms with van der Waals surface area (Å²) in [5.41, 5.74) is 5.69. The molecule has 3 nitrogen and oxygen atoms in total. The first-order chi connectivity index (χ1) is 14.8. The summed E-state index contributed by atoms with van der Waals surface area (Å²) in [6.07, 6.45) is 12.3. The summed E-state index contributed by atoms with van der Waals surface area (Å²) >= 11 is 1.62. The second kappa shape index (κ2) is 13.1. The van der Waals surface area contributed by atoms with E-state index in [9.17, 15) is 4.79 Å². The molecule has 1 aromatic rings. The van der Waals surface area contributed by atoms with Gasteiger partial charge in [0.25, 0.3) is 0 Å². The maximum absolute atomic E-state index is 12.3. The summed E-state index contributed by atoms with van der Waals surface area (Å²) in [5.74, 6) is 1.48. The molecule has 0 aromatic heterocycles. The van der Waals surface area contributed by atoms with Gasteiger partial charge in [-0.1, -0.05) is 77.5 Å². The number of unbranched alkanes of at least 4 members (excludes halogenated alkanes) is 1. The van der Waals surface area contributed by atoms with Crippen molar-refractivity contribution in [2.45, 2.75) is 96.3 Å². The quantitative estimate of drug-likeness (QED) is 0.204. The monoisotopic (exact) mass is 442 g/mol. The van der Waals surface area contributed by atoms with Crippen LogP contribution in [0.4, 0.5) is 0 Å². The van der Waals surface area contributed by atoms with E-state index in [2.05, 4.69) is 81.9 Å². The maximum atomic E-state index is 12.3. The molecule has 0 heterocycles. The van der Waals surface area contributed by atoms with Crippen LogP contribution in [0.15, 0.2) is 40.8 Å². The molecule has 0 atom stereocenters. The van der Waals surface area contributed by atoms with Gasteiger partial charge in [-0.25, -0.2) is 0 Å². The number of allylic oxidation sites excluding steroid dienone is 4. The Balaban J connectivity index is 1.82. The van der Waals surface area contributed by atoms with Gasteiger partial charge in [-0.2, -0.15) is 0 Å². The van der Waals surface area contributed by atoms with E-state index >= 15 is 0 Å². The predicted octanol–water partition coefficient (Wildman–Crippen LogP) is 7.22. The van der Waals surface area contributed by atoms with Crippen LogP contribution in [-0.4, -0.2) is 19.0 Å². The van der Waals surface area contributed by atoms with E-state index in [-0.39, 0.29) is 5.91 Å². The highest BCUT2D eigenvalue weighted by atomic mass is 32.2. The molecule has 172 valence electrons. The molecule has 0 saturated heterocycles. The van der Waals surface area contributed by atoms with Gasteiger partial charge < -0.3 is 5.32 Å². The number of benzene rings is 1. The first kappa shape index (κ1) is 25.7. The molecule has 31 heavy (non-hydrogen) atoms. The fraction of sp³-hybridized carbons (Fsp3) is 0.593. The van der Waals surface area contributed by atoms with Crippen LogP contribution in [0, 0.1) is 0 Å². The molecule has 2 N–H and O–H groups in total. The van der Waals surface area contributed by atoms with Gasteiger partial charge in [0.2, 0.25) is 5.91 Å². The predicted molar refractivity (Wildman–Crippen MR) is 136 cm³/mol. The van der Waals surface area contributed by atoms with Crippen LogP contribution in [0.5, 0.6) is 0 Å². The van der Waals surface area contributed by atoms with Gasteiger partial charge >= 0.3 is 0 Å². The van der Waals surface area contributed by atoms with Crippen LogP contribution in [0.25, 0.3) is 0 Å². The summed E-state index contributed by atoms with van der Waals surface area (Å²) < 4.78 is 3.32. The lowest BCUT2D eigenvalue weighted by atomic mass is 9.89. The second-order valence-corrected chi connectivity index (χ2v) is 10.4. The summed E-state index contributed by atoms with van der Waals surface area (Å²) in [6.45, 7) is 14.6. The van der Waals surface area contributed by atoms with Crippen LogP contribution in [0.1, 0.15) is 108 Å². The highest BCUT2D eigenvalue weighted by Gasteiger charge is 2.18. The van der Waals surface area contributed by atoms with Crippen molar-refractivity contribution in [3.05, 3.63) is 52.6 Å². The lowest BCUT2D eigenvalue weighted by molar-refractivity contribution is -0.119. The van der Waals surface area contributed by atoms with Crippen LogP contribution in [0.2, 0.25) is 0 Å². The third-order valence-corrected chi connectivity index (χ3v) is 6.79. The Labute approximate surface area is 194 Å². The lowest BCUT2D eigenvalue weighted by Gasteiger charge is -2.22. The molecule has 0 aliphatic heterocycles. The molecule has 0 bridgehead atoms. The van der Waals surface area contributed by atoms with Crippen LogP contribution in [-0.2, 0) is 4.79 Å². The molecule has 2 rings (SSSR count). The van der Waals surface area contributed by atoms with Gasteiger partial charge in [0, 0.05) is 11.4 Å². The van der Waals surface area contributed by atoms with Gasteiger partial charge in [-0.05, 0) is 78.5 Å². The van der Waals surface area contributed by atoms with Crippen molar-refractivity contribution in [1.82, 2.24) is 10.0 Å². The largest absolute Gasteiger partial charge is 0.355 e. The zero-order valence-electron chi connectivity index (χ0n) is 20.4. The molecule has 0 spiro atoms. The van der Waals surface area contributed by atoms with E-state index in [4.69, 9.17) is 0 Å². The van der Waals surface area contributed by atoms with Gasteiger partial charge in [-0.15, -0.1) is 0 Å². The summed E-state index contributed by atoms with van der Waals surface area (Å²) in [5, 5.41) is 3.06. The van der Waals surface area contributed by atoms with Crippen molar-refractivity contribution >= 4 is 17.9 Å². The first-order valence-electron chi connectivity index (χ1n) is 12.0. The maximum Gasteiger partial charge on any atom is 0.234 e. The number of carbonyl (C=O) groups is 1. The summed E-state index contributed by atoms with van der Waals surface area (Å²) in [6, 6.07) is 4.70. The number of rotatable bonds is 12. The number of carbonyl (C=O) groups excluding carboxylic acids is 1. The standard InChI is InChI=1S/C27H42N2OS/c1-19(2)23-16-24(20(3)4)27(25(17-23)21(5)6)31-29-18-26(30)28-15-11-10-14-22-12-8-7-9-13-22/h7-8,13,16-17,19-21,29H,9-12,14-15,18H2,1-6H3,(H,28,30). The number of nitrogens with one attached hydrogen (secondary N) is 2. The van der Waals surface area contributed by atoms with Crippen molar-refractivity contribution in [2.24, 2.45) is 0 Å². The number of amides is 1. The van der Waals surface area contributed by atoms with Gasteiger partial charge in [0.05, 0.1) is 6.54 Å². The number of hydrogen-bond donors (Lipinski definition) is 2. The third-order valence-electron chi connectivity index (χ3n) is 5.82. The Morgan fingerprint density at radius 3 is 2.19 bits per heavy atom. The lowest BCUT2D eigenvalue weighted by Crippen LogP contribution is -2.32. The van der Waals surface area contributed by atoms with Gasteiger partial charge in [0.15, 0.2) is 0 Å². The fourth-order valence-electron chi connectivity index (χ4n) is 3.80. The number of hydrogen-bond acceptors (Lipinski definition) is 3. The Morgan fingerprint density at radius 2 is 1.65 bits per heavy atom. The minimum absolute atomic E-state index is 0.0725. The highest BCUT2D eigenvalue weighted by molar-refractivity contribution is 7.97. The average Bonchev–Trinajstić information content (AvgIpc) is 2.73. The van der Waals surface area contributed by atoms with Crippen molar-refractivity contribution in [3.8, 4) is 0 Å². The molecule has 4 heteroatoms.